The maximum absolute atomic E-state index is 12.5. The molecule has 2 aromatic rings. The molecule has 0 fully saturated rings. The van der Waals surface area contributed by atoms with E-state index in [9.17, 15) is 4.79 Å². The second-order valence-corrected chi connectivity index (χ2v) is 6.04. The van der Waals surface area contributed by atoms with E-state index in [4.69, 9.17) is 4.74 Å². The molecule has 0 aliphatic carbocycles. The molecular formula is C15H19N3O2S. The van der Waals surface area contributed by atoms with Crippen LogP contribution in [0.3, 0.4) is 0 Å². The SMILES string of the molecule is COCc1cnc2n1CCN(C(=O)Cc1ccsc1)[C@H]2C. The number of rotatable bonds is 4. The Labute approximate surface area is 128 Å². The molecule has 1 aliphatic heterocycles. The predicted molar refractivity (Wildman–Crippen MR) is 81.1 cm³/mol. The lowest BCUT2D eigenvalue weighted by Crippen LogP contribution is -2.42. The second-order valence-electron chi connectivity index (χ2n) is 5.26. The van der Waals surface area contributed by atoms with Crippen molar-refractivity contribution < 1.29 is 9.53 Å². The van der Waals surface area contributed by atoms with Gasteiger partial charge in [0.15, 0.2) is 0 Å². The van der Waals surface area contributed by atoms with Crippen molar-refractivity contribution in [3.8, 4) is 0 Å². The number of fused-ring (bicyclic) bond motifs is 1. The van der Waals surface area contributed by atoms with Crippen LogP contribution in [0.4, 0.5) is 0 Å². The van der Waals surface area contributed by atoms with Crippen LogP contribution in [0.25, 0.3) is 0 Å². The molecule has 3 heterocycles. The van der Waals surface area contributed by atoms with E-state index in [1.54, 1.807) is 18.4 Å². The van der Waals surface area contributed by atoms with E-state index in [-0.39, 0.29) is 11.9 Å². The molecule has 0 N–H and O–H groups in total. The Bertz CT molecular complexity index is 621. The molecule has 1 aliphatic rings. The van der Waals surface area contributed by atoms with Crippen LogP contribution in [0.5, 0.6) is 0 Å². The van der Waals surface area contributed by atoms with Crippen LogP contribution in [0.1, 0.15) is 30.0 Å². The van der Waals surface area contributed by atoms with Crippen LogP contribution in [-0.2, 0) is 29.1 Å². The number of aromatic nitrogens is 2. The normalized spacial score (nSPS) is 17.8. The molecule has 0 saturated heterocycles. The van der Waals surface area contributed by atoms with Crippen LogP contribution in [-0.4, -0.2) is 34.0 Å². The van der Waals surface area contributed by atoms with Gasteiger partial charge < -0.3 is 14.2 Å². The fraction of sp³-hybridized carbons (Fsp3) is 0.467. The summed E-state index contributed by atoms with van der Waals surface area (Å²) in [5.74, 6) is 1.12. The topological polar surface area (TPSA) is 47.4 Å². The van der Waals surface area contributed by atoms with E-state index in [2.05, 4.69) is 9.55 Å². The lowest BCUT2D eigenvalue weighted by atomic mass is 10.1. The number of carbonyl (C=O) groups is 1. The molecule has 3 rings (SSSR count). The number of hydrogen-bond donors (Lipinski definition) is 0. The maximum Gasteiger partial charge on any atom is 0.227 e. The molecule has 1 atom stereocenters. The number of nitrogens with zero attached hydrogens (tertiary/aromatic N) is 3. The summed E-state index contributed by atoms with van der Waals surface area (Å²) in [5, 5.41) is 4.04. The van der Waals surface area contributed by atoms with Gasteiger partial charge in [-0.2, -0.15) is 11.3 Å². The minimum atomic E-state index is 0.00971. The first-order valence-electron chi connectivity index (χ1n) is 7.04. The van der Waals surface area contributed by atoms with Crippen molar-refractivity contribution in [2.45, 2.75) is 32.5 Å². The smallest absolute Gasteiger partial charge is 0.227 e. The summed E-state index contributed by atoms with van der Waals surface area (Å²) in [4.78, 5) is 18.9. The molecule has 0 unspecified atom stereocenters. The van der Waals surface area contributed by atoms with Crippen molar-refractivity contribution in [2.24, 2.45) is 0 Å². The average molecular weight is 305 g/mol. The van der Waals surface area contributed by atoms with Crippen LogP contribution < -0.4 is 0 Å². The summed E-state index contributed by atoms with van der Waals surface area (Å²) < 4.78 is 7.36. The van der Waals surface area contributed by atoms with Crippen molar-refractivity contribution >= 4 is 17.2 Å². The first kappa shape index (κ1) is 14.3. The van der Waals surface area contributed by atoms with Crippen LogP contribution in [0.15, 0.2) is 23.0 Å². The molecule has 112 valence electrons. The van der Waals surface area contributed by atoms with Crippen molar-refractivity contribution in [1.82, 2.24) is 14.5 Å². The lowest BCUT2D eigenvalue weighted by Gasteiger charge is -2.34. The van der Waals surface area contributed by atoms with Gasteiger partial charge in [0.1, 0.15) is 5.82 Å². The highest BCUT2D eigenvalue weighted by molar-refractivity contribution is 7.07. The van der Waals surface area contributed by atoms with Crippen molar-refractivity contribution in [2.75, 3.05) is 13.7 Å². The van der Waals surface area contributed by atoms with Crippen LogP contribution in [0.2, 0.25) is 0 Å². The van der Waals surface area contributed by atoms with Gasteiger partial charge in [0.2, 0.25) is 5.91 Å². The van der Waals surface area contributed by atoms with E-state index >= 15 is 0 Å². The van der Waals surface area contributed by atoms with Gasteiger partial charge in [-0.05, 0) is 29.3 Å². The number of imidazole rings is 1. The fourth-order valence-corrected chi connectivity index (χ4v) is 3.50. The van der Waals surface area contributed by atoms with E-state index in [0.29, 0.717) is 13.0 Å². The van der Waals surface area contributed by atoms with Gasteiger partial charge in [0, 0.05) is 20.2 Å². The summed E-state index contributed by atoms with van der Waals surface area (Å²) in [6, 6.07) is 2.02. The highest BCUT2D eigenvalue weighted by Gasteiger charge is 2.30. The molecule has 2 aromatic heterocycles. The Morgan fingerprint density at radius 1 is 1.52 bits per heavy atom. The highest BCUT2D eigenvalue weighted by Crippen LogP contribution is 2.26. The zero-order valence-corrected chi connectivity index (χ0v) is 13.1. The molecule has 5 nitrogen and oxygen atoms in total. The third-order valence-electron chi connectivity index (χ3n) is 3.92. The predicted octanol–water partition coefficient (Wildman–Crippen LogP) is 2.24. The van der Waals surface area contributed by atoms with Crippen molar-refractivity contribution in [3.63, 3.8) is 0 Å². The molecule has 0 bridgehead atoms. The standard InChI is InChI=1S/C15H19N3O2S/c1-11-15-16-8-13(9-20-2)18(15)5-4-17(11)14(19)7-12-3-6-21-10-12/h3,6,8,10-11H,4-5,7,9H2,1-2H3/t11-/m0/s1. The lowest BCUT2D eigenvalue weighted by molar-refractivity contribution is -0.133. The summed E-state index contributed by atoms with van der Waals surface area (Å²) in [7, 11) is 1.68. The summed E-state index contributed by atoms with van der Waals surface area (Å²) in [6.07, 6.45) is 2.32. The monoisotopic (exact) mass is 305 g/mol. The van der Waals surface area contributed by atoms with Crippen LogP contribution in [0, 0.1) is 0 Å². The Morgan fingerprint density at radius 3 is 3.10 bits per heavy atom. The Kier molecular flexibility index (Phi) is 4.07. The summed E-state index contributed by atoms with van der Waals surface area (Å²) >= 11 is 1.63. The fourth-order valence-electron chi connectivity index (χ4n) is 2.83. The van der Waals surface area contributed by atoms with Crippen molar-refractivity contribution in [3.05, 3.63) is 40.1 Å². The molecular weight excluding hydrogens is 286 g/mol. The molecule has 0 spiro atoms. The number of ether oxygens (including phenoxy) is 1. The van der Waals surface area contributed by atoms with Gasteiger partial charge in [-0.3, -0.25) is 4.79 Å². The zero-order chi connectivity index (χ0) is 14.8. The molecule has 1 amide bonds. The third-order valence-corrected chi connectivity index (χ3v) is 4.65. The zero-order valence-electron chi connectivity index (χ0n) is 12.3. The Hall–Kier alpha value is -1.66. The minimum absolute atomic E-state index is 0.00971. The first-order chi connectivity index (χ1) is 10.2. The van der Waals surface area contributed by atoms with E-state index in [0.717, 1.165) is 30.2 Å². The maximum atomic E-state index is 12.5. The van der Waals surface area contributed by atoms with Crippen LogP contribution >= 0.6 is 11.3 Å². The summed E-state index contributed by atoms with van der Waals surface area (Å²) in [6.45, 7) is 4.11. The molecule has 0 saturated carbocycles. The Balaban J connectivity index is 1.76. The van der Waals surface area contributed by atoms with Gasteiger partial charge in [-0.1, -0.05) is 0 Å². The van der Waals surface area contributed by atoms with Gasteiger partial charge in [-0.25, -0.2) is 4.98 Å². The second kappa shape index (κ2) is 5.99. The largest absolute Gasteiger partial charge is 0.378 e. The van der Waals surface area contributed by atoms with Gasteiger partial charge >= 0.3 is 0 Å². The summed E-state index contributed by atoms with van der Waals surface area (Å²) in [5.41, 5.74) is 2.16. The first-order valence-corrected chi connectivity index (χ1v) is 7.98. The van der Waals surface area contributed by atoms with Gasteiger partial charge in [-0.15, -0.1) is 0 Å². The van der Waals surface area contributed by atoms with E-state index in [1.807, 2.05) is 34.8 Å². The van der Waals surface area contributed by atoms with Gasteiger partial charge in [0.25, 0.3) is 0 Å². The highest BCUT2D eigenvalue weighted by atomic mass is 32.1. The van der Waals surface area contributed by atoms with E-state index < -0.39 is 0 Å². The Morgan fingerprint density at radius 2 is 2.38 bits per heavy atom. The number of thiophene rings is 1. The van der Waals surface area contributed by atoms with Gasteiger partial charge in [0.05, 0.1) is 31.0 Å². The number of methoxy groups -OCH3 is 1. The molecule has 6 heteroatoms. The molecule has 0 aromatic carbocycles. The quantitative estimate of drug-likeness (QED) is 0.870. The van der Waals surface area contributed by atoms with Crippen molar-refractivity contribution in [1.29, 1.82) is 0 Å². The molecule has 0 radical (unpaired) electrons. The molecule has 21 heavy (non-hydrogen) atoms. The van der Waals surface area contributed by atoms with E-state index in [1.165, 1.54) is 0 Å². The number of hydrogen-bond acceptors (Lipinski definition) is 4. The average Bonchev–Trinajstić information content (AvgIpc) is 3.10. The third kappa shape index (κ3) is 2.73. The number of amides is 1. The minimum Gasteiger partial charge on any atom is -0.378 e. The number of carbonyl (C=O) groups excluding carboxylic acids is 1.